The smallest absolute Gasteiger partial charge is 0.318 e. The van der Waals surface area contributed by atoms with Gasteiger partial charge in [-0.1, -0.05) is 13.3 Å². The fourth-order valence-corrected chi connectivity index (χ4v) is 3.14. The highest BCUT2D eigenvalue weighted by Crippen LogP contribution is 2.16. The normalized spacial score (nSPS) is 16.8. The SMILES string of the molecule is CCCCN(CC(=O)N(Cc1ccco1)C[C@@H]1CCCO1)C(=O)NC(C)(C)C. The Balaban J connectivity index is 2.06. The lowest BCUT2D eigenvalue weighted by molar-refractivity contribution is -0.134. The molecule has 1 aromatic heterocycles. The van der Waals surface area contributed by atoms with E-state index in [0.717, 1.165) is 38.1 Å². The van der Waals surface area contributed by atoms with Crippen molar-refractivity contribution in [2.24, 2.45) is 0 Å². The summed E-state index contributed by atoms with van der Waals surface area (Å²) in [6.45, 7) is 10.1. The van der Waals surface area contributed by atoms with E-state index >= 15 is 0 Å². The molecule has 1 fully saturated rings. The first-order valence-electron chi connectivity index (χ1n) is 10.3. The molecule has 1 saturated heterocycles. The Morgan fingerprint density at radius 3 is 2.64 bits per heavy atom. The number of hydrogen-bond donors (Lipinski definition) is 1. The summed E-state index contributed by atoms with van der Waals surface area (Å²) < 4.78 is 11.2. The molecule has 0 radical (unpaired) electrons. The Morgan fingerprint density at radius 2 is 2.07 bits per heavy atom. The lowest BCUT2D eigenvalue weighted by atomic mass is 10.1. The number of ether oxygens (including phenoxy) is 1. The first kappa shape index (κ1) is 22.3. The first-order valence-corrected chi connectivity index (χ1v) is 10.3. The zero-order valence-electron chi connectivity index (χ0n) is 17.7. The van der Waals surface area contributed by atoms with Gasteiger partial charge in [0.25, 0.3) is 0 Å². The number of urea groups is 1. The lowest BCUT2D eigenvalue weighted by Gasteiger charge is -2.31. The molecule has 7 heteroatoms. The third kappa shape index (κ3) is 7.54. The number of hydrogen-bond acceptors (Lipinski definition) is 4. The third-order valence-electron chi connectivity index (χ3n) is 4.60. The Labute approximate surface area is 168 Å². The van der Waals surface area contributed by atoms with Gasteiger partial charge >= 0.3 is 6.03 Å². The van der Waals surface area contributed by atoms with Crippen molar-refractivity contribution in [1.82, 2.24) is 15.1 Å². The molecule has 1 N–H and O–H groups in total. The highest BCUT2D eigenvalue weighted by Gasteiger charge is 2.27. The van der Waals surface area contributed by atoms with E-state index in [4.69, 9.17) is 9.15 Å². The van der Waals surface area contributed by atoms with E-state index in [-0.39, 0.29) is 30.1 Å². The number of furan rings is 1. The molecular formula is C21H35N3O4. The molecule has 28 heavy (non-hydrogen) atoms. The van der Waals surface area contributed by atoms with Gasteiger partial charge in [-0.15, -0.1) is 0 Å². The third-order valence-corrected chi connectivity index (χ3v) is 4.60. The Hall–Kier alpha value is -2.02. The minimum atomic E-state index is -0.351. The summed E-state index contributed by atoms with van der Waals surface area (Å²) in [5, 5.41) is 2.96. The van der Waals surface area contributed by atoms with E-state index in [0.29, 0.717) is 19.6 Å². The quantitative estimate of drug-likeness (QED) is 0.698. The van der Waals surface area contributed by atoms with Crippen molar-refractivity contribution in [2.45, 2.75) is 71.6 Å². The second-order valence-corrected chi connectivity index (χ2v) is 8.44. The van der Waals surface area contributed by atoms with Crippen LogP contribution in [0, 0.1) is 0 Å². The summed E-state index contributed by atoms with van der Waals surface area (Å²) in [6, 6.07) is 3.47. The van der Waals surface area contributed by atoms with Crippen LogP contribution in [0.4, 0.5) is 4.79 Å². The number of carbonyl (C=O) groups is 2. The molecule has 0 saturated carbocycles. The van der Waals surface area contributed by atoms with E-state index in [1.54, 1.807) is 16.1 Å². The molecular weight excluding hydrogens is 358 g/mol. The molecule has 7 nitrogen and oxygen atoms in total. The maximum atomic E-state index is 13.1. The summed E-state index contributed by atoms with van der Waals surface area (Å²) in [4.78, 5) is 29.2. The fraction of sp³-hybridized carbons (Fsp3) is 0.714. The van der Waals surface area contributed by atoms with Gasteiger partial charge in [-0.05, 0) is 52.2 Å². The minimum Gasteiger partial charge on any atom is -0.467 e. The lowest BCUT2D eigenvalue weighted by Crippen LogP contribution is -2.52. The molecule has 1 aromatic rings. The molecule has 0 bridgehead atoms. The number of rotatable bonds is 9. The van der Waals surface area contributed by atoms with E-state index in [2.05, 4.69) is 12.2 Å². The van der Waals surface area contributed by atoms with Crippen LogP contribution in [0.3, 0.4) is 0 Å². The van der Waals surface area contributed by atoms with E-state index < -0.39 is 0 Å². The van der Waals surface area contributed by atoms with E-state index in [9.17, 15) is 9.59 Å². The van der Waals surface area contributed by atoms with Gasteiger partial charge in [-0.25, -0.2) is 4.79 Å². The van der Waals surface area contributed by atoms with Gasteiger partial charge in [0.05, 0.1) is 18.9 Å². The highest BCUT2D eigenvalue weighted by molar-refractivity contribution is 5.84. The summed E-state index contributed by atoms with van der Waals surface area (Å²) in [5.41, 5.74) is -0.351. The molecule has 0 aliphatic carbocycles. The summed E-state index contributed by atoms with van der Waals surface area (Å²) in [5.74, 6) is 0.637. The predicted octanol–water partition coefficient (Wildman–Crippen LogP) is 3.40. The average molecular weight is 394 g/mol. The monoisotopic (exact) mass is 393 g/mol. The van der Waals surface area contributed by atoms with Crippen molar-refractivity contribution >= 4 is 11.9 Å². The van der Waals surface area contributed by atoms with Crippen LogP contribution in [-0.4, -0.2) is 59.6 Å². The molecule has 3 amide bonds. The van der Waals surface area contributed by atoms with Crippen LogP contribution in [0.2, 0.25) is 0 Å². The van der Waals surface area contributed by atoms with Crippen LogP contribution in [0.1, 0.15) is 59.1 Å². The van der Waals surface area contributed by atoms with E-state index in [1.165, 1.54) is 0 Å². The van der Waals surface area contributed by atoms with Crippen LogP contribution in [0.5, 0.6) is 0 Å². The molecule has 0 aromatic carbocycles. The Bertz CT molecular complexity index is 604. The molecule has 2 heterocycles. The van der Waals surface area contributed by atoms with Crippen molar-refractivity contribution in [1.29, 1.82) is 0 Å². The molecule has 0 unspecified atom stereocenters. The summed E-state index contributed by atoms with van der Waals surface area (Å²) in [6.07, 6.45) is 5.44. The van der Waals surface area contributed by atoms with Crippen LogP contribution >= 0.6 is 0 Å². The van der Waals surface area contributed by atoms with Crippen molar-refractivity contribution in [2.75, 3.05) is 26.2 Å². The highest BCUT2D eigenvalue weighted by atomic mass is 16.5. The zero-order valence-corrected chi connectivity index (χ0v) is 17.7. The van der Waals surface area contributed by atoms with Crippen LogP contribution in [0.25, 0.3) is 0 Å². The van der Waals surface area contributed by atoms with Gasteiger partial charge in [0.1, 0.15) is 12.3 Å². The molecule has 0 spiro atoms. The zero-order chi connectivity index (χ0) is 20.6. The van der Waals surface area contributed by atoms with Gasteiger partial charge in [-0.3, -0.25) is 4.79 Å². The van der Waals surface area contributed by atoms with Crippen molar-refractivity contribution < 1.29 is 18.7 Å². The fourth-order valence-electron chi connectivity index (χ4n) is 3.14. The average Bonchev–Trinajstić information content (AvgIpc) is 3.30. The minimum absolute atomic E-state index is 0.0476. The predicted molar refractivity (Wildman–Crippen MR) is 108 cm³/mol. The van der Waals surface area contributed by atoms with Crippen molar-refractivity contribution in [3.8, 4) is 0 Å². The summed E-state index contributed by atoms with van der Waals surface area (Å²) in [7, 11) is 0. The standard InChI is InChI=1S/C21H35N3O4/c1-5-6-11-23(20(26)22-21(2,3)4)16-19(25)24(14-17-9-7-12-27-17)15-18-10-8-13-28-18/h7,9,12,18H,5-6,8,10-11,13-16H2,1-4H3,(H,22,26)/t18-/m0/s1. The molecule has 158 valence electrons. The number of nitrogens with zero attached hydrogens (tertiary/aromatic N) is 2. The molecule has 1 atom stereocenters. The maximum absolute atomic E-state index is 13.1. The van der Waals surface area contributed by atoms with Crippen LogP contribution in [0.15, 0.2) is 22.8 Å². The molecule has 1 aliphatic rings. The topological polar surface area (TPSA) is 75.0 Å². The van der Waals surface area contributed by atoms with Crippen LogP contribution in [-0.2, 0) is 16.1 Å². The van der Waals surface area contributed by atoms with Crippen LogP contribution < -0.4 is 5.32 Å². The Morgan fingerprint density at radius 1 is 1.29 bits per heavy atom. The second kappa shape index (κ2) is 10.5. The summed E-state index contributed by atoms with van der Waals surface area (Å²) >= 11 is 0. The maximum Gasteiger partial charge on any atom is 0.318 e. The molecule has 2 rings (SSSR count). The first-order chi connectivity index (χ1) is 13.3. The number of carbonyl (C=O) groups excluding carboxylic acids is 2. The van der Waals surface area contributed by atoms with Gasteiger partial charge in [0, 0.05) is 25.2 Å². The number of unbranched alkanes of at least 4 members (excludes halogenated alkanes) is 1. The molecule has 1 aliphatic heterocycles. The largest absolute Gasteiger partial charge is 0.467 e. The van der Waals surface area contributed by atoms with Gasteiger partial charge in [0.2, 0.25) is 5.91 Å². The Kier molecular flexibility index (Phi) is 8.35. The number of nitrogens with one attached hydrogen (secondary N) is 1. The van der Waals surface area contributed by atoms with Crippen molar-refractivity contribution in [3.63, 3.8) is 0 Å². The van der Waals surface area contributed by atoms with E-state index in [1.807, 2.05) is 32.9 Å². The van der Waals surface area contributed by atoms with Gasteiger partial charge in [0.15, 0.2) is 0 Å². The second-order valence-electron chi connectivity index (χ2n) is 8.44. The number of amides is 3. The van der Waals surface area contributed by atoms with Crippen molar-refractivity contribution in [3.05, 3.63) is 24.2 Å². The van der Waals surface area contributed by atoms with Gasteiger partial charge in [-0.2, -0.15) is 0 Å². The van der Waals surface area contributed by atoms with Gasteiger partial charge < -0.3 is 24.3 Å².